The van der Waals surface area contributed by atoms with E-state index in [1.807, 2.05) is 36.4 Å². The zero-order valence-electron chi connectivity index (χ0n) is 9.42. The zero-order chi connectivity index (χ0) is 12.5. The highest BCUT2D eigenvalue weighted by Gasteiger charge is 2.07. The molecule has 3 aromatic rings. The Morgan fingerprint density at radius 3 is 2.56 bits per heavy atom. The molecule has 2 aromatic heterocycles. The molecule has 0 saturated carbocycles. The highest BCUT2D eigenvalue weighted by molar-refractivity contribution is 6.30. The van der Waals surface area contributed by atoms with Gasteiger partial charge in [0.1, 0.15) is 0 Å². The van der Waals surface area contributed by atoms with Gasteiger partial charge < -0.3 is 5.73 Å². The molecule has 0 spiro atoms. The highest BCUT2D eigenvalue weighted by atomic mass is 35.5. The minimum Gasteiger partial charge on any atom is -0.324 e. The summed E-state index contributed by atoms with van der Waals surface area (Å²) in [6.07, 6.45) is 0. The van der Waals surface area contributed by atoms with E-state index in [0.29, 0.717) is 23.0 Å². The van der Waals surface area contributed by atoms with E-state index in [0.717, 1.165) is 11.3 Å². The topological polar surface area (TPSA) is 69.1 Å². The quantitative estimate of drug-likeness (QED) is 0.763. The Morgan fingerprint density at radius 1 is 1.06 bits per heavy atom. The molecule has 2 heterocycles. The van der Waals surface area contributed by atoms with E-state index < -0.39 is 0 Å². The van der Waals surface area contributed by atoms with Crippen molar-refractivity contribution < 1.29 is 0 Å². The normalized spacial score (nSPS) is 11.0. The van der Waals surface area contributed by atoms with Crippen molar-refractivity contribution >= 4 is 17.2 Å². The van der Waals surface area contributed by atoms with Crippen molar-refractivity contribution in [3.8, 4) is 11.3 Å². The van der Waals surface area contributed by atoms with Gasteiger partial charge in [0.25, 0.3) is 0 Å². The standard InChI is InChI=1S/C12H10ClN5/c13-9-3-1-8(2-4-9)10-5-6-11-15-16-12(7-14)18(11)17-10/h1-6H,7,14H2. The van der Waals surface area contributed by atoms with Crippen LogP contribution in [0.1, 0.15) is 5.82 Å². The van der Waals surface area contributed by atoms with Crippen LogP contribution in [0.2, 0.25) is 5.02 Å². The second-order valence-corrected chi connectivity index (χ2v) is 4.25. The Morgan fingerprint density at radius 2 is 1.83 bits per heavy atom. The van der Waals surface area contributed by atoms with E-state index in [2.05, 4.69) is 15.3 Å². The van der Waals surface area contributed by atoms with Crippen molar-refractivity contribution in [1.29, 1.82) is 0 Å². The van der Waals surface area contributed by atoms with Gasteiger partial charge in [0.05, 0.1) is 12.2 Å². The molecule has 90 valence electrons. The maximum Gasteiger partial charge on any atom is 0.177 e. The zero-order valence-corrected chi connectivity index (χ0v) is 10.2. The van der Waals surface area contributed by atoms with Gasteiger partial charge in [0, 0.05) is 10.6 Å². The van der Waals surface area contributed by atoms with E-state index >= 15 is 0 Å². The predicted octanol–water partition coefficient (Wildman–Crippen LogP) is 1.90. The molecule has 6 heteroatoms. The van der Waals surface area contributed by atoms with Gasteiger partial charge in [-0.25, -0.2) is 0 Å². The summed E-state index contributed by atoms with van der Waals surface area (Å²) in [6.45, 7) is 0.304. The van der Waals surface area contributed by atoms with Crippen LogP contribution in [0.15, 0.2) is 36.4 Å². The van der Waals surface area contributed by atoms with Crippen LogP contribution in [0.5, 0.6) is 0 Å². The lowest BCUT2D eigenvalue weighted by atomic mass is 10.1. The molecule has 0 amide bonds. The summed E-state index contributed by atoms with van der Waals surface area (Å²) in [5.41, 5.74) is 8.09. The molecule has 18 heavy (non-hydrogen) atoms. The van der Waals surface area contributed by atoms with Crippen molar-refractivity contribution in [2.24, 2.45) is 5.73 Å². The molecule has 5 nitrogen and oxygen atoms in total. The lowest BCUT2D eigenvalue weighted by Gasteiger charge is -2.02. The van der Waals surface area contributed by atoms with Gasteiger partial charge in [0.2, 0.25) is 0 Å². The summed E-state index contributed by atoms with van der Waals surface area (Å²) in [6, 6.07) is 11.3. The van der Waals surface area contributed by atoms with Crippen molar-refractivity contribution in [3.05, 3.63) is 47.2 Å². The molecule has 0 fully saturated rings. The first kappa shape index (κ1) is 11.1. The van der Waals surface area contributed by atoms with Crippen LogP contribution < -0.4 is 5.73 Å². The Hall–Kier alpha value is -1.98. The molecule has 0 bridgehead atoms. The largest absolute Gasteiger partial charge is 0.324 e. The Labute approximate surface area is 108 Å². The molecular formula is C12H10ClN5. The van der Waals surface area contributed by atoms with Crippen LogP contribution in [0.3, 0.4) is 0 Å². The third-order valence-electron chi connectivity index (χ3n) is 2.65. The van der Waals surface area contributed by atoms with Gasteiger partial charge in [-0.1, -0.05) is 23.7 Å². The van der Waals surface area contributed by atoms with E-state index in [1.165, 1.54) is 0 Å². The molecule has 1 aromatic carbocycles. The van der Waals surface area contributed by atoms with Crippen LogP contribution in [0.4, 0.5) is 0 Å². The second kappa shape index (κ2) is 4.36. The molecule has 0 unspecified atom stereocenters. The van der Waals surface area contributed by atoms with E-state index in [4.69, 9.17) is 17.3 Å². The third-order valence-corrected chi connectivity index (χ3v) is 2.90. The van der Waals surface area contributed by atoms with E-state index in [1.54, 1.807) is 4.52 Å². The summed E-state index contributed by atoms with van der Waals surface area (Å²) in [4.78, 5) is 0. The molecule has 0 atom stereocenters. The number of benzene rings is 1. The predicted molar refractivity (Wildman–Crippen MR) is 69.1 cm³/mol. The molecule has 3 rings (SSSR count). The first-order valence-electron chi connectivity index (χ1n) is 5.45. The minimum absolute atomic E-state index is 0.304. The van der Waals surface area contributed by atoms with Gasteiger partial charge in [-0.05, 0) is 24.3 Å². The highest BCUT2D eigenvalue weighted by Crippen LogP contribution is 2.19. The summed E-state index contributed by atoms with van der Waals surface area (Å²) < 4.78 is 1.66. The smallest absolute Gasteiger partial charge is 0.177 e. The average molecular weight is 260 g/mol. The van der Waals surface area contributed by atoms with Gasteiger partial charge in [0.15, 0.2) is 11.5 Å². The molecule has 0 aliphatic rings. The van der Waals surface area contributed by atoms with Gasteiger partial charge in [-0.15, -0.1) is 10.2 Å². The Bertz CT molecular complexity index is 689. The maximum absolute atomic E-state index is 5.86. The first-order valence-corrected chi connectivity index (χ1v) is 5.83. The van der Waals surface area contributed by atoms with E-state index in [-0.39, 0.29) is 0 Å². The number of fused-ring (bicyclic) bond motifs is 1. The monoisotopic (exact) mass is 259 g/mol. The number of hydrogen-bond acceptors (Lipinski definition) is 4. The average Bonchev–Trinajstić information content (AvgIpc) is 2.81. The molecule has 0 saturated heterocycles. The molecule has 0 aliphatic carbocycles. The van der Waals surface area contributed by atoms with Gasteiger partial charge >= 0.3 is 0 Å². The fourth-order valence-electron chi connectivity index (χ4n) is 1.74. The lowest BCUT2D eigenvalue weighted by Crippen LogP contribution is -2.05. The van der Waals surface area contributed by atoms with Crippen LogP contribution >= 0.6 is 11.6 Å². The Kier molecular flexibility index (Phi) is 2.70. The molecular weight excluding hydrogens is 250 g/mol. The van der Waals surface area contributed by atoms with Gasteiger partial charge in [-0.3, -0.25) is 0 Å². The fraction of sp³-hybridized carbons (Fsp3) is 0.0833. The van der Waals surface area contributed by atoms with Crippen LogP contribution in [-0.2, 0) is 6.54 Å². The number of halogens is 1. The minimum atomic E-state index is 0.304. The lowest BCUT2D eigenvalue weighted by molar-refractivity contribution is 0.811. The molecule has 0 aliphatic heterocycles. The maximum atomic E-state index is 5.86. The number of rotatable bonds is 2. The number of nitrogens with two attached hydrogens (primary N) is 1. The van der Waals surface area contributed by atoms with Crippen molar-refractivity contribution in [2.45, 2.75) is 6.54 Å². The summed E-state index contributed by atoms with van der Waals surface area (Å²) in [5, 5.41) is 13.1. The molecule has 0 radical (unpaired) electrons. The van der Waals surface area contributed by atoms with E-state index in [9.17, 15) is 0 Å². The Balaban J connectivity index is 2.14. The van der Waals surface area contributed by atoms with Crippen LogP contribution in [0.25, 0.3) is 16.9 Å². The summed E-state index contributed by atoms with van der Waals surface area (Å²) in [5.74, 6) is 0.640. The fourth-order valence-corrected chi connectivity index (χ4v) is 1.86. The van der Waals surface area contributed by atoms with Crippen molar-refractivity contribution in [1.82, 2.24) is 19.8 Å². The second-order valence-electron chi connectivity index (χ2n) is 3.82. The SMILES string of the molecule is NCc1nnc2ccc(-c3ccc(Cl)cc3)nn12. The van der Waals surface area contributed by atoms with Crippen LogP contribution in [0, 0.1) is 0 Å². The summed E-state index contributed by atoms with van der Waals surface area (Å²) in [7, 11) is 0. The number of hydrogen-bond donors (Lipinski definition) is 1. The first-order chi connectivity index (χ1) is 8.78. The van der Waals surface area contributed by atoms with Crippen molar-refractivity contribution in [2.75, 3.05) is 0 Å². The van der Waals surface area contributed by atoms with Crippen LogP contribution in [-0.4, -0.2) is 19.8 Å². The number of nitrogens with zero attached hydrogens (tertiary/aromatic N) is 4. The van der Waals surface area contributed by atoms with Crippen molar-refractivity contribution in [3.63, 3.8) is 0 Å². The number of aromatic nitrogens is 4. The molecule has 2 N–H and O–H groups in total. The summed E-state index contributed by atoms with van der Waals surface area (Å²) >= 11 is 5.86. The van der Waals surface area contributed by atoms with Gasteiger partial charge in [-0.2, -0.15) is 9.61 Å². The third kappa shape index (κ3) is 1.83.